The van der Waals surface area contributed by atoms with Gasteiger partial charge in [0.1, 0.15) is 17.1 Å². The number of nitrogens with two attached hydrogens (primary N) is 1. The van der Waals surface area contributed by atoms with E-state index in [1.54, 1.807) is 32.0 Å². The van der Waals surface area contributed by atoms with Crippen LogP contribution >= 0.6 is 0 Å². The molecule has 0 saturated heterocycles. The number of fused-ring (bicyclic) bond motifs is 1. The van der Waals surface area contributed by atoms with Crippen LogP contribution in [0.5, 0.6) is 11.6 Å². The molecular weight excluding hydrogens is 402 g/mol. The number of methoxy groups -OCH3 is 3. The third-order valence-corrected chi connectivity index (χ3v) is 5.06. The average Bonchev–Trinajstić information content (AvgIpc) is 2.75. The summed E-state index contributed by atoms with van der Waals surface area (Å²) in [4.78, 5) is 30.6. The second kappa shape index (κ2) is 8.65. The highest BCUT2D eigenvalue weighted by Gasteiger charge is 2.26. The monoisotopic (exact) mass is 427 g/mol. The number of esters is 1. The highest BCUT2D eigenvalue weighted by Crippen LogP contribution is 2.32. The molecule has 9 heteroatoms. The zero-order valence-corrected chi connectivity index (χ0v) is 18.4. The van der Waals surface area contributed by atoms with Gasteiger partial charge in [-0.05, 0) is 38.5 Å². The molecular formula is C22H25N3O6. The van der Waals surface area contributed by atoms with Crippen molar-refractivity contribution in [1.29, 1.82) is 0 Å². The molecule has 3 aromatic rings. The Kier molecular flexibility index (Phi) is 6.16. The summed E-state index contributed by atoms with van der Waals surface area (Å²) < 4.78 is 22.1. The van der Waals surface area contributed by atoms with E-state index in [1.165, 1.54) is 25.9 Å². The molecule has 0 unspecified atom stereocenters. The molecule has 9 nitrogen and oxygen atoms in total. The quantitative estimate of drug-likeness (QED) is 0.472. The van der Waals surface area contributed by atoms with E-state index in [1.807, 2.05) is 6.92 Å². The minimum atomic E-state index is -0.711. The molecule has 31 heavy (non-hydrogen) atoms. The van der Waals surface area contributed by atoms with Gasteiger partial charge < -0.3 is 24.7 Å². The second-order valence-corrected chi connectivity index (χ2v) is 7.01. The molecule has 1 aromatic carbocycles. The van der Waals surface area contributed by atoms with E-state index >= 15 is 0 Å². The number of nitrogens with zero attached hydrogens (tertiary/aromatic N) is 2. The summed E-state index contributed by atoms with van der Waals surface area (Å²) in [5.41, 5.74) is 8.66. The Morgan fingerprint density at radius 1 is 1.13 bits per heavy atom. The maximum Gasteiger partial charge on any atom is 0.343 e. The molecule has 0 aliphatic rings. The fourth-order valence-electron chi connectivity index (χ4n) is 3.58. The molecule has 0 aliphatic heterocycles. The fourth-order valence-corrected chi connectivity index (χ4v) is 3.58. The van der Waals surface area contributed by atoms with Crippen LogP contribution in [0.4, 0.5) is 5.82 Å². The minimum absolute atomic E-state index is 0.0163. The fraction of sp³-hybridized carbons (Fsp3) is 0.318. The normalized spacial score (nSPS) is 10.9. The molecule has 0 atom stereocenters. The van der Waals surface area contributed by atoms with E-state index in [4.69, 9.17) is 24.7 Å². The van der Waals surface area contributed by atoms with Crippen LogP contribution in [-0.2, 0) is 9.47 Å². The van der Waals surface area contributed by atoms with Gasteiger partial charge in [-0.1, -0.05) is 6.07 Å². The van der Waals surface area contributed by atoms with Crippen LogP contribution in [-0.4, -0.2) is 43.6 Å². The van der Waals surface area contributed by atoms with Crippen molar-refractivity contribution >= 4 is 22.7 Å². The van der Waals surface area contributed by atoms with Crippen LogP contribution in [0.3, 0.4) is 0 Å². The molecule has 0 aliphatic carbocycles. The predicted octanol–water partition coefficient (Wildman–Crippen LogP) is 2.67. The third-order valence-electron chi connectivity index (χ3n) is 5.06. The minimum Gasteiger partial charge on any atom is -0.481 e. The van der Waals surface area contributed by atoms with E-state index in [9.17, 15) is 9.59 Å². The van der Waals surface area contributed by atoms with Gasteiger partial charge in [-0.15, -0.1) is 0 Å². The first kappa shape index (κ1) is 22.1. The Bertz CT molecular complexity index is 1230. The number of aromatic nitrogens is 2. The molecule has 3 rings (SSSR count). The van der Waals surface area contributed by atoms with Crippen LogP contribution in [0.15, 0.2) is 23.0 Å². The Hall–Kier alpha value is -3.59. The molecule has 0 amide bonds. The van der Waals surface area contributed by atoms with Crippen molar-refractivity contribution in [2.24, 2.45) is 0 Å². The molecule has 0 saturated carbocycles. The summed E-state index contributed by atoms with van der Waals surface area (Å²) in [5.74, 6) is 0.0172. The number of carbonyl (C=O) groups excluding carboxylic acids is 1. The van der Waals surface area contributed by atoms with Crippen molar-refractivity contribution in [2.75, 3.05) is 33.9 Å². The Labute approximate surface area is 179 Å². The van der Waals surface area contributed by atoms with Gasteiger partial charge in [0, 0.05) is 18.2 Å². The van der Waals surface area contributed by atoms with Crippen molar-refractivity contribution in [1.82, 2.24) is 9.55 Å². The number of nitrogen functional groups attached to an aromatic ring is 1. The van der Waals surface area contributed by atoms with Gasteiger partial charge in [-0.3, -0.25) is 9.36 Å². The Balaban J connectivity index is 2.48. The lowest BCUT2D eigenvalue weighted by molar-refractivity contribution is 0.0506. The smallest absolute Gasteiger partial charge is 0.343 e. The van der Waals surface area contributed by atoms with Gasteiger partial charge in [-0.2, -0.15) is 0 Å². The van der Waals surface area contributed by atoms with Gasteiger partial charge in [-0.25, -0.2) is 9.78 Å². The van der Waals surface area contributed by atoms with Gasteiger partial charge in [0.05, 0.1) is 30.8 Å². The number of benzene rings is 1. The van der Waals surface area contributed by atoms with Crippen LogP contribution in [0.2, 0.25) is 0 Å². The van der Waals surface area contributed by atoms with E-state index in [2.05, 4.69) is 4.98 Å². The van der Waals surface area contributed by atoms with Gasteiger partial charge in [0.25, 0.3) is 5.56 Å². The molecule has 0 radical (unpaired) electrons. The van der Waals surface area contributed by atoms with Gasteiger partial charge in [0.15, 0.2) is 6.79 Å². The third kappa shape index (κ3) is 3.68. The largest absolute Gasteiger partial charge is 0.481 e. The lowest BCUT2D eigenvalue weighted by Crippen LogP contribution is -2.27. The lowest BCUT2D eigenvalue weighted by atomic mass is 10.0. The number of aryl methyl sites for hydroxylation is 2. The molecule has 0 fully saturated rings. The van der Waals surface area contributed by atoms with E-state index < -0.39 is 11.5 Å². The molecule has 2 N–H and O–H groups in total. The number of anilines is 1. The van der Waals surface area contributed by atoms with E-state index in [0.717, 1.165) is 5.56 Å². The SMILES string of the molecule is COCOc1ccc(C)c(-n2c(N)c(C(=O)OC)c3nc(OC)c(C)cc3c2=O)c1C. The summed E-state index contributed by atoms with van der Waals surface area (Å²) in [7, 11) is 4.22. The van der Waals surface area contributed by atoms with Crippen molar-refractivity contribution in [3.8, 4) is 17.3 Å². The second-order valence-electron chi connectivity index (χ2n) is 7.01. The summed E-state index contributed by atoms with van der Waals surface area (Å²) in [6.45, 7) is 5.45. The summed E-state index contributed by atoms with van der Waals surface area (Å²) in [6, 6.07) is 5.22. The van der Waals surface area contributed by atoms with E-state index in [-0.39, 0.29) is 35.0 Å². The zero-order valence-electron chi connectivity index (χ0n) is 18.4. The highest BCUT2D eigenvalue weighted by atomic mass is 16.7. The lowest BCUT2D eigenvalue weighted by Gasteiger charge is -2.20. The number of ether oxygens (including phenoxy) is 4. The van der Waals surface area contributed by atoms with Gasteiger partial charge in [0.2, 0.25) is 5.88 Å². The van der Waals surface area contributed by atoms with Crippen molar-refractivity contribution in [3.63, 3.8) is 0 Å². The van der Waals surface area contributed by atoms with Crippen molar-refractivity contribution in [3.05, 3.63) is 50.8 Å². The molecule has 2 heterocycles. The molecule has 0 bridgehead atoms. The average molecular weight is 427 g/mol. The number of hydrogen-bond acceptors (Lipinski definition) is 8. The van der Waals surface area contributed by atoms with Crippen LogP contribution < -0.4 is 20.8 Å². The molecule has 164 valence electrons. The van der Waals surface area contributed by atoms with Crippen molar-refractivity contribution in [2.45, 2.75) is 20.8 Å². The Morgan fingerprint density at radius 3 is 2.45 bits per heavy atom. The van der Waals surface area contributed by atoms with Crippen LogP contribution in [0.25, 0.3) is 16.6 Å². The molecule has 0 spiro atoms. The first-order valence-electron chi connectivity index (χ1n) is 9.47. The van der Waals surface area contributed by atoms with Gasteiger partial charge >= 0.3 is 5.97 Å². The number of pyridine rings is 2. The number of rotatable bonds is 6. The predicted molar refractivity (Wildman–Crippen MR) is 116 cm³/mol. The van der Waals surface area contributed by atoms with Crippen molar-refractivity contribution < 1.29 is 23.7 Å². The summed E-state index contributed by atoms with van der Waals surface area (Å²) >= 11 is 0. The maximum absolute atomic E-state index is 13.6. The van der Waals surface area contributed by atoms with E-state index in [0.29, 0.717) is 22.6 Å². The molecule has 2 aromatic heterocycles. The number of hydrogen-bond donors (Lipinski definition) is 1. The Morgan fingerprint density at radius 2 is 1.84 bits per heavy atom. The standard InChI is InChI=1S/C22H25N3O6/c1-11-7-8-15(31-10-28-4)13(3)18(11)25-19(23)16(22(27)30-6)17-14(21(25)26)9-12(2)20(24-17)29-5/h7-9H,10,23H2,1-6H3. The van der Waals surface area contributed by atoms with Crippen LogP contribution in [0.1, 0.15) is 27.0 Å². The zero-order chi connectivity index (χ0) is 22.9. The van der Waals surface area contributed by atoms with Crippen LogP contribution in [0, 0.1) is 20.8 Å². The highest BCUT2D eigenvalue weighted by molar-refractivity contribution is 6.07. The first-order valence-corrected chi connectivity index (χ1v) is 9.47. The first-order chi connectivity index (χ1) is 14.8. The number of carbonyl (C=O) groups is 1. The summed E-state index contributed by atoms with van der Waals surface area (Å²) in [5, 5.41) is 0.218. The maximum atomic E-state index is 13.6. The topological polar surface area (TPSA) is 115 Å². The summed E-state index contributed by atoms with van der Waals surface area (Å²) in [6.07, 6.45) is 0.